The summed E-state index contributed by atoms with van der Waals surface area (Å²) < 4.78 is 5.06. The predicted molar refractivity (Wildman–Crippen MR) is 70.6 cm³/mol. The van der Waals surface area contributed by atoms with E-state index in [0.717, 1.165) is 0 Å². The highest BCUT2D eigenvalue weighted by Gasteiger charge is 2.16. The highest BCUT2D eigenvalue weighted by atomic mass is 16.6. The van der Waals surface area contributed by atoms with Gasteiger partial charge in [0.15, 0.2) is 0 Å². The number of carbonyl (C=O) groups excluding carboxylic acids is 1. The molecule has 1 amide bonds. The smallest absolute Gasteiger partial charge is 0.407 e. The van der Waals surface area contributed by atoms with Crippen LogP contribution in [0.25, 0.3) is 0 Å². The Morgan fingerprint density at radius 2 is 2.11 bits per heavy atom. The van der Waals surface area contributed by atoms with Crippen LogP contribution in [0.3, 0.4) is 0 Å². The molecular weight excluding hydrogens is 250 g/mol. The van der Waals surface area contributed by atoms with Gasteiger partial charge in [0, 0.05) is 24.4 Å². The van der Waals surface area contributed by atoms with Crippen LogP contribution in [0, 0.1) is 10.1 Å². The normalized spacial score (nSPS) is 10.9. The molecule has 7 heteroatoms. The zero-order chi connectivity index (χ0) is 14.6. The summed E-state index contributed by atoms with van der Waals surface area (Å²) in [5.74, 6) is 0. The number of hydrogen-bond donors (Lipinski definition) is 2. The van der Waals surface area contributed by atoms with Gasteiger partial charge in [-0.1, -0.05) is 0 Å². The first-order chi connectivity index (χ1) is 8.69. The molecule has 0 aromatic heterocycles. The number of ether oxygens (including phenoxy) is 1. The second-order valence-electron chi connectivity index (χ2n) is 5.00. The maximum absolute atomic E-state index is 11.4. The van der Waals surface area contributed by atoms with Crippen LogP contribution in [-0.4, -0.2) is 16.6 Å². The van der Waals surface area contributed by atoms with E-state index in [9.17, 15) is 14.9 Å². The van der Waals surface area contributed by atoms with Crippen molar-refractivity contribution in [3.63, 3.8) is 0 Å². The summed E-state index contributed by atoms with van der Waals surface area (Å²) in [5, 5.41) is 13.1. The number of anilines is 1. The maximum Gasteiger partial charge on any atom is 0.407 e. The van der Waals surface area contributed by atoms with E-state index in [1.165, 1.54) is 18.2 Å². The molecule has 0 atom stereocenters. The number of nitrogens with zero attached hydrogens (tertiary/aromatic N) is 1. The highest BCUT2D eigenvalue weighted by molar-refractivity contribution is 5.68. The van der Waals surface area contributed by atoms with Crippen LogP contribution in [-0.2, 0) is 11.3 Å². The van der Waals surface area contributed by atoms with Crippen molar-refractivity contribution in [1.82, 2.24) is 5.32 Å². The van der Waals surface area contributed by atoms with Crippen molar-refractivity contribution >= 4 is 17.5 Å². The minimum Gasteiger partial charge on any atom is -0.444 e. The molecule has 0 radical (unpaired) electrons. The first kappa shape index (κ1) is 14.7. The molecule has 1 rings (SSSR count). The molecule has 7 nitrogen and oxygen atoms in total. The van der Waals surface area contributed by atoms with Gasteiger partial charge in [-0.3, -0.25) is 10.1 Å². The van der Waals surface area contributed by atoms with Gasteiger partial charge in [-0.05, 0) is 32.4 Å². The van der Waals surface area contributed by atoms with E-state index < -0.39 is 16.6 Å². The average molecular weight is 267 g/mol. The van der Waals surface area contributed by atoms with E-state index in [-0.39, 0.29) is 17.9 Å². The molecule has 19 heavy (non-hydrogen) atoms. The molecule has 0 heterocycles. The summed E-state index contributed by atoms with van der Waals surface area (Å²) in [7, 11) is 0. The molecule has 1 aromatic rings. The summed E-state index contributed by atoms with van der Waals surface area (Å²) in [4.78, 5) is 21.5. The number of rotatable bonds is 3. The van der Waals surface area contributed by atoms with Gasteiger partial charge in [-0.15, -0.1) is 0 Å². The van der Waals surface area contributed by atoms with E-state index in [4.69, 9.17) is 10.5 Å². The number of nitrogens with one attached hydrogen (secondary N) is 1. The van der Waals surface area contributed by atoms with Crippen molar-refractivity contribution in [3.8, 4) is 0 Å². The molecule has 0 saturated heterocycles. The molecular formula is C12H17N3O4. The SMILES string of the molecule is CC(C)(C)OC(=O)NCc1ccc([N+](=O)[O-])cc1N. The van der Waals surface area contributed by atoms with Crippen molar-refractivity contribution in [2.75, 3.05) is 5.73 Å². The molecule has 1 aromatic carbocycles. The summed E-state index contributed by atoms with van der Waals surface area (Å²) in [6.45, 7) is 5.42. The second kappa shape index (κ2) is 5.55. The Bertz CT molecular complexity index is 494. The summed E-state index contributed by atoms with van der Waals surface area (Å²) in [5.41, 5.74) is 5.86. The van der Waals surface area contributed by atoms with E-state index in [1.54, 1.807) is 20.8 Å². The fourth-order valence-electron chi connectivity index (χ4n) is 1.34. The number of hydrogen-bond acceptors (Lipinski definition) is 5. The summed E-state index contributed by atoms with van der Waals surface area (Å²) >= 11 is 0. The second-order valence-corrected chi connectivity index (χ2v) is 5.00. The highest BCUT2D eigenvalue weighted by Crippen LogP contribution is 2.19. The van der Waals surface area contributed by atoms with Crippen molar-refractivity contribution in [2.45, 2.75) is 32.9 Å². The number of nitrogens with two attached hydrogens (primary N) is 1. The molecule has 0 aliphatic carbocycles. The lowest BCUT2D eigenvalue weighted by molar-refractivity contribution is -0.384. The third kappa shape index (κ3) is 4.82. The Balaban J connectivity index is 2.64. The van der Waals surface area contributed by atoms with Gasteiger partial charge in [-0.2, -0.15) is 0 Å². The van der Waals surface area contributed by atoms with E-state index in [1.807, 2.05) is 0 Å². The number of non-ortho nitro benzene ring substituents is 1. The summed E-state index contributed by atoms with van der Waals surface area (Å²) in [6, 6.07) is 4.10. The van der Waals surface area contributed by atoms with Gasteiger partial charge in [0.1, 0.15) is 5.60 Å². The van der Waals surface area contributed by atoms with E-state index in [0.29, 0.717) is 5.56 Å². The average Bonchev–Trinajstić information content (AvgIpc) is 2.24. The maximum atomic E-state index is 11.4. The van der Waals surface area contributed by atoms with Gasteiger partial charge in [0.05, 0.1) is 4.92 Å². The van der Waals surface area contributed by atoms with Gasteiger partial charge in [0.25, 0.3) is 5.69 Å². The number of benzene rings is 1. The van der Waals surface area contributed by atoms with Crippen LogP contribution < -0.4 is 11.1 Å². The fraction of sp³-hybridized carbons (Fsp3) is 0.417. The Kier molecular flexibility index (Phi) is 4.31. The Morgan fingerprint density at radius 3 is 2.58 bits per heavy atom. The first-order valence-electron chi connectivity index (χ1n) is 5.68. The minimum absolute atomic E-state index is 0.0847. The predicted octanol–water partition coefficient (Wildman–Crippen LogP) is 2.20. The van der Waals surface area contributed by atoms with Crippen LogP contribution >= 0.6 is 0 Å². The fourth-order valence-corrected chi connectivity index (χ4v) is 1.34. The standard InChI is InChI=1S/C12H17N3O4/c1-12(2,3)19-11(16)14-7-8-4-5-9(15(17)18)6-10(8)13/h4-6H,7,13H2,1-3H3,(H,14,16). The zero-order valence-electron chi connectivity index (χ0n) is 11.1. The number of nitrogen functional groups attached to an aromatic ring is 1. The summed E-state index contributed by atoms with van der Waals surface area (Å²) in [6.07, 6.45) is -0.565. The number of nitro benzene ring substituents is 1. The Labute approximate surface area is 110 Å². The Hall–Kier alpha value is -2.31. The number of amides is 1. The van der Waals surface area contributed by atoms with Crippen LogP contribution in [0.2, 0.25) is 0 Å². The molecule has 0 saturated carbocycles. The van der Waals surface area contributed by atoms with E-state index in [2.05, 4.69) is 5.32 Å². The lowest BCUT2D eigenvalue weighted by Gasteiger charge is -2.19. The molecule has 0 bridgehead atoms. The quantitative estimate of drug-likeness (QED) is 0.496. The molecule has 0 unspecified atom stereocenters. The van der Waals surface area contributed by atoms with Gasteiger partial charge in [-0.25, -0.2) is 4.79 Å². The topological polar surface area (TPSA) is 107 Å². The molecule has 0 aliphatic rings. The molecule has 104 valence electrons. The largest absolute Gasteiger partial charge is 0.444 e. The first-order valence-corrected chi connectivity index (χ1v) is 5.68. The number of carbonyl (C=O) groups is 1. The number of alkyl carbamates (subject to hydrolysis) is 1. The van der Waals surface area contributed by atoms with Crippen LogP contribution in [0.1, 0.15) is 26.3 Å². The Morgan fingerprint density at radius 1 is 1.47 bits per heavy atom. The van der Waals surface area contributed by atoms with Gasteiger partial charge < -0.3 is 15.8 Å². The monoisotopic (exact) mass is 267 g/mol. The number of nitro groups is 1. The van der Waals surface area contributed by atoms with Crippen molar-refractivity contribution in [3.05, 3.63) is 33.9 Å². The molecule has 0 aliphatic heterocycles. The van der Waals surface area contributed by atoms with Crippen LogP contribution in [0.15, 0.2) is 18.2 Å². The van der Waals surface area contributed by atoms with Crippen LogP contribution in [0.4, 0.5) is 16.2 Å². The van der Waals surface area contributed by atoms with Crippen LogP contribution in [0.5, 0.6) is 0 Å². The van der Waals surface area contributed by atoms with Crippen molar-refractivity contribution < 1.29 is 14.5 Å². The van der Waals surface area contributed by atoms with Crippen molar-refractivity contribution in [2.24, 2.45) is 0 Å². The molecule has 0 fully saturated rings. The van der Waals surface area contributed by atoms with Crippen molar-refractivity contribution in [1.29, 1.82) is 0 Å². The third-order valence-corrected chi connectivity index (χ3v) is 2.16. The van der Waals surface area contributed by atoms with Gasteiger partial charge in [0.2, 0.25) is 0 Å². The minimum atomic E-state index is -0.578. The molecule has 3 N–H and O–H groups in total. The lowest BCUT2D eigenvalue weighted by Crippen LogP contribution is -2.32. The third-order valence-electron chi connectivity index (χ3n) is 2.16. The van der Waals surface area contributed by atoms with E-state index >= 15 is 0 Å². The van der Waals surface area contributed by atoms with Gasteiger partial charge >= 0.3 is 6.09 Å². The lowest BCUT2D eigenvalue weighted by atomic mass is 10.1. The zero-order valence-corrected chi connectivity index (χ0v) is 11.1. The molecule has 0 spiro atoms.